The molecule has 0 aromatic heterocycles. The Labute approximate surface area is 137 Å². The largest absolute Gasteiger partial charge is 0.392 e. The summed E-state index contributed by atoms with van der Waals surface area (Å²) in [7, 11) is 0. The zero-order chi connectivity index (χ0) is 15.5. The number of hydrogen-bond donors (Lipinski definition) is 2. The van der Waals surface area contributed by atoms with Crippen molar-refractivity contribution in [2.75, 3.05) is 6.54 Å². The van der Waals surface area contributed by atoms with Crippen LogP contribution in [0.3, 0.4) is 0 Å². The molecule has 0 amide bonds. The van der Waals surface area contributed by atoms with Gasteiger partial charge in [0.2, 0.25) is 0 Å². The molecule has 4 unspecified atom stereocenters. The van der Waals surface area contributed by atoms with E-state index in [0.717, 1.165) is 24.3 Å². The van der Waals surface area contributed by atoms with Gasteiger partial charge in [-0.25, -0.2) is 0 Å². The van der Waals surface area contributed by atoms with E-state index < -0.39 is 0 Å². The van der Waals surface area contributed by atoms with E-state index in [2.05, 4.69) is 18.4 Å². The molecule has 9 rings (SSSR count). The zero-order valence-corrected chi connectivity index (χ0v) is 13.9. The lowest BCUT2D eigenvalue weighted by Crippen LogP contribution is -2.68. The molecule has 3 aliphatic heterocycles. The molecule has 3 heterocycles. The molecule has 9 aliphatic rings. The molecule has 2 N–H and O–H groups in total. The monoisotopic (exact) mass is 313 g/mol. The minimum absolute atomic E-state index is 0.0316. The van der Waals surface area contributed by atoms with Gasteiger partial charge in [-0.2, -0.15) is 0 Å². The Morgan fingerprint density at radius 1 is 1.17 bits per heavy atom. The molecule has 23 heavy (non-hydrogen) atoms. The fourth-order valence-electron chi connectivity index (χ4n) is 10.5. The quantitative estimate of drug-likeness (QED) is 0.670. The SMILES string of the molecule is C=C1[C@H]2C[C@H]3[C@@H]4N5C[C@]6(C)CCCC47C6[C@H]5CC3([C@@H]1O)[C@H]7[C@H]2O. The normalized spacial score (nSPS) is 75.6. The third kappa shape index (κ3) is 0.910. The Morgan fingerprint density at radius 2 is 2.00 bits per heavy atom. The van der Waals surface area contributed by atoms with Crippen molar-refractivity contribution in [3.63, 3.8) is 0 Å². The first-order valence-electron chi connectivity index (χ1n) is 9.77. The van der Waals surface area contributed by atoms with Crippen molar-refractivity contribution in [2.24, 2.45) is 39.9 Å². The van der Waals surface area contributed by atoms with Crippen LogP contribution in [0.15, 0.2) is 12.2 Å². The molecule has 3 saturated heterocycles. The number of rotatable bonds is 0. The average Bonchev–Trinajstić information content (AvgIpc) is 2.93. The fraction of sp³-hybridized carbons (Fsp3) is 0.900. The van der Waals surface area contributed by atoms with Gasteiger partial charge in [-0.05, 0) is 53.9 Å². The Bertz CT molecular complexity index is 677. The molecule has 9 bridgehead atoms. The fourth-order valence-corrected chi connectivity index (χ4v) is 10.5. The maximum atomic E-state index is 11.3. The summed E-state index contributed by atoms with van der Waals surface area (Å²) in [4.78, 5) is 2.88. The Kier molecular flexibility index (Phi) is 1.79. The summed E-state index contributed by atoms with van der Waals surface area (Å²) in [6, 6.07) is 1.34. The van der Waals surface area contributed by atoms with E-state index >= 15 is 0 Å². The van der Waals surface area contributed by atoms with E-state index in [1.54, 1.807) is 0 Å². The van der Waals surface area contributed by atoms with Gasteiger partial charge in [0.25, 0.3) is 0 Å². The topological polar surface area (TPSA) is 43.7 Å². The second-order valence-electron chi connectivity index (χ2n) is 10.5. The van der Waals surface area contributed by atoms with Gasteiger partial charge in [-0.15, -0.1) is 0 Å². The number of piperidine rings is 2. The van der Waals surface area contributed by atoms with Gasteiger partial charge in [0, 0.05) is 35.9 Å². The molecule has 0 aromatic carbocycles. The van der Waals surface area contributed by atoms with Crippen molar-refractivity contribution in [1.82, 2.24) is 4.90 Å². The predicted molar refractivity (Wildman–Crippen MR) is 85.5 cm³/mol. The van der Waals surface area contributed by atoms with Crippen LogP contribution in [0.5, 0.6) is 0 Å². The predicted octanol–water partition coefficient (Wildman–Crippen LogP) is 1.79. The standard InChI is InChI=1S/C20H27NO2/c1-9-10-6-11-16-19-5-3-4-18(2)8-21(16)12(14(18)19)7-20(11,17(9)23)15(19)13(10)22/h10-17,22-23H,1,3-8H2,2H3/t10-,11+,12-,13+,14?,15+,16+,17-,18+,19?,20?/m1/s1. The Hall–Kier alpha value is -0.380. The molecule has 12 atom stereocenters. The maximum Gasteiger partial charge on any atom is 0.0815 e. The van der Waals surface area contributed by atoms with Gasteiger partial charge >= 0.3 is 0 Å². The zero-order valence-electron chi connectivity index (χ0n) is 13.9. The van der Waals surface area contributed by atoms with Crippen LogP contribution < -0.4 is 0 Å². The highest BCUT2D eigenvalue weighted by atomic mass is 16.3. The molecule has 124 valence electrons. The second kappa shape index (κ2) is 3.20. The third-order valence-corrected chi connectivity index (χ3v) is 10.3. The van der Waals surface area contributed by atoms with Crippen LogP contribution >= 0.6 is 0 Å². The lowest BCUT2D eigenvalue weighted by molar-refractivity contribution is -0.213. The van der Waals surface area contributed by atoms with Crippen LogP contribution in [0.25, 0.3) is 0 Å². The van der Waals surface area contributed by atoms with Crippen molar-refractivity contribution in [2.45, 2.75) is 63.3 Å². The summed E-state index contributed by atoms with van der Waals surface area (Å²) < 4.78 is 0. The molecule has 0 radical (unpaired) electrons. The number of hydrogen-bond acceptors (Lipinski definition) is 3. The summed E-state index contributed by atoms with van der Waals surface area (Å²) in [5, 5.41) is 22.6. The van der Waals surface area contributed by atoms with Crippen LogP contribution in [-0.4, -0.2) is 45.9 Å². The van der Waals surface area contributed by atoms with Crippen LogP contribution in [-0.2, 0) is 0 Å². The van der Waals surface area contributed by atoms with Crippen molar-refractivity contribution < 1.29 is 10.2 Å². The first-order chi connectivity index (χ1) is 11.0. The molecular weight excluding hydrogens is 286 g/mol. The highest BCUT2D eigenvalue weighted by Crippen LogP contribution is 2.86. The molecular formula is C20H27NO2. The Morgan fingerprint density at radius 3 is 2.83 bits per heavy atom. The molecule has 6 aliphatic carbocycles. The van der Waals surface area contributed by atoms with Crippen LogP contribution in [0, 0.1) is 39.9 Å². The second-order valence-corrected chi connectivity index (χ2v) is 10.5. The molecule has 9 fully saturated rings. The van der Waals surface area contributed by atoms with E-state index in [-0.39, 0.29) is 23.5 Å². The molecule has 3 heteroatoms. The highest BCUT2D eigenvalue weighted by Gasteiger charge is 2.89. The number of nitrogens with zero attached hydrogens (tertiary/aromatic N) is 1. The summed E-state index contributed by atoms with van der Waals surface area (Å²) >= 11 is 0. The van der Waals surface area contributed by atoms with Gasteiger partial charge in [0.15, 0.2) is 0 Å². The lowest BCUT2D eigenvalue weighted by atomic mass is 9.39. The van der Waals surface area contributed by atoms with E-state index in [4.69, 9.17) is 0 Å². The molecule has 6 saturated carbocycles. The smallest absolute Gasteiger partial charge is 0.0815 e. The third-order valence-electron chi connectivity index (χ3n) is 10.3. The minimum atomic E-state index is -0.349. The van der Waals surface area contributed by atoms with E-state index in [1.807, 2.05) is 0 Å². The average molecular weight is 313 g/mol. The van der Waals surface area contributed by atoms with Crippen molar-refractivity contribution in [3.8, 4) is 0 Å². The summed E-state index contributed by atoms with van der Waals surface area (Å²) in [5.74, 6) is 1.90. The van der Waals surface area contributed by atoms with Gasteiger partial charge in [0.1, 0.15) is 0 Å². The number of aliphatic hydroxyl groups excluding tert-OH is 2. The molecule has 0 aromatic rings. The molecule has 3 nitrogen and oxygen atoms in total. The van der Waals surface area contributed by atoms with Crippen molar-refractivity contribution in [3.05, 3.63) is 12.2 Å². The highest BCUT2D eigenvalue weighted by molar-refractivity contribution is 5.43. The molecule has 2 spiro atoms. The van der Waals surface area contributed by atoms with Crippen LogP contribution in [0.1, 0.15) is 39.0 Å². The van der Waals surface area contributed by atoms with Gasteiger partial charge in [-0.3, -0.25) is 4.90 Å². The van der Waals surface area contributed by atoms with Gasteiger partial charge in [0.05, 0.1) is 12.2 Å². The van der Waals surface area contributed by atoms with Crippen LogP contribution in [0.2, 0.25) is 0 Å². The first-order valence-corrected chi connectivity index (χ1v) is 9.77. The van der Waals surface area contributed by atoms with E-state index in [0.29, 0.717) is 34.7 Å². The minimum Gasteiger partial charge on any atom is -0.392 e. The van der Waals surface area contributed by atoms with Crippen molar-refractivity contribution >= 4 is 0 Å². The first kappa shape index (κ1) is 12.9. The van der Waals surface area contributed by atoms with Crippen LogP contribution in [0.4, 0.5) is 0 Å². The summed E-state index contributed by atoms with van der Waals surface area (Å²) in [5.41, 5.74) is 1.72. The lowest BCUT2D eigenvalue weighted by Gasteiger charge is -2.66. The number of fused-ring (bicyclic) bond motifs is 1. The maximum absolute atomic E-state index is 11.3. The van der Waals surface area contributed by atoms with E-state index in [9.17, 15) is 10.2 Å². The van der Waals surface area contributed by atoms with Gasteiger partial charge in [-0.1, -0.05) is 19.9 Å². The van der Waals surface area contributed by atoms with Crippen molar-refractivity contribution in [1.29, 1.82) is 0 Å². The number of aliphatic hydroxyl groups is 2. The summed E-state index contributed by atoms with van der Waals surface area (Å²) in [6.45, 7) is 8.04. The summed E-state index contributed by atoms with van der Waals surface area (Å²) in [6.07, 6.45) is 5.64. The van der Waals surface area contributed by atoms with Gasteiger partial charge < -0.3 is 10.2 Å². The van der Waals surface area contributed by atoms with E-state index in [1.165, 1.54) is 25.8 Å². The Balaban J connectivity index is 1.55.